The number of fused-ring (bicyclic) bond motifs is 3. The molecule has 1 aromatic carbocycles. The van der Waals surface area contributed by atoms with Gasteiger partial charge in [0.2, 0.25) is 11.8 Å². The van der Waals surface area contributed by atoms with Crippen molar-refractivity contribution in [2.24, 2.45) is 11.7 Å². The summed E-state index contributed by atoms with van der Waals surface area (Å²) in [5, 5.41) is 4.94. The third kappa shape index (κ3) is 7.31. The molecule has 4 amide bonds. The molecular formula is C31H37Cl2N5O7S2. The van der Waals surface area contributed by atoms with Gasteiger partial charge in [0.25, 0.3) is 15.9 Å². The van der Waals surface area contributed by atoms with Crippen molar-refractivity contribution in [1.82, 2.24) is 19.8 Å². The van der Waals surface area contributed by atoms with Crippen LogP contribution in [0.15, 0.2) is 52.1 Å². The molecule has 12 nitrogen and oxygen atoms in total. The highest BCUT2D eigenvalue weighted by Gasteiger charge is 2.61. The minimum absolute atomic E-state index is 0. The van der Waals surface area contributed by atoms with E-state index in [0.29, 0.717) is 18.0 Å². The van der Waals surface area contributed by atoms with E-state index in [-0.39, 0.29) is 42.5 Å². The molecule has 6 rings (SSSR count). The molecule has 3 aliphatic heterocycles. The zero-order chi connectivity index (χ0) is 32.6. The summed E-state index contributed by atoms with van der Waals surface area (Å²) in [4.78, 5) is 57.1. The van der Waals surface area contributed by atoms with Crippen molar-refractivity contribution < 1.29 is 32.3 Å². The molecule has 4 heterocycles. The van der Waals surface area contributed by atoms with Gasteiger partial charge in [-0.25, -0.2) is 17.9 Å². The molecule has 16 heteroatoms. The van der Waals surface area contributed by atoms with E-state index in [4.69, 9.17) is 22.1 Å². The van der Waals surface area contributed by atoms with Gasteiger partial charge in [-0.05, 0) is 54.3 Å². The summed E-state index contributed by atoms with van der Waals surface area (Å²) in [6, 6.07) is 6.47. The third-order valence-corrected chi connectivity index (χ3v) is 12.2. The predicted molar refractivity (Wildman–Crippen MR) is 177 cm³/mol. The molecule has 2 aromatic rings. The van der Waals surface area contributed by atoms with E-state index < -0.39 is 63.5 Å². The second kappa shape index (κ2) is 14.1. The van der Waals surface area contributed by atoms with E-state index in [9.17, 15) is 27.6 Å². The molecule has 1 aliphatic carbocycles. The van der Waals surface area contributed by atoms with E-state index in [2.05, 4.69) is 10.0 Å². The number of amides is 4. The Kier molecular flexibility index (Phi) is 10.6. The highest BCUT2D eigenvalue weighted by Crippen LogP contribution is 2.46. The SMILES string of the molecule is Cl.N[C@H]1CCCCC/C=C\[C@@H]2C[C@@]2(C(=O)NS(=O)(=O)c2cccs2)NC(=O)[C@@H]2C[C@@H](OC(=O)N3Cc4cccc(Cl)c4C3)CN2C1=O. The van der Waals surface area contributed by atoms with Gasteiger partial charge in [-0.1, -0.05) is 54.8 Å². The number of carbonyl (C=O) groups is 4. The molecule has 1 aromatic heterocycles. The normalized spacial score (nSPS) is 28.4. The van der Waals surface area contributed by atoms with Crippen LogP contribution in [0.4, 0.5) is 4.79 Å². The van der Waals surface area contributed by atoms with Crippen molar-refractivity contribution in [2.75, 3.05) is 6.54 Å². The quantitative estimate of drug-likeness (QED) is 0.403. The number of ether oxygens (including phenoxy) is 1. The van der Waals surface area contributed by atoms with E-state index in [1.807, 2.05) is 24.3 Å². The lowest BCUT2D eigenvalue weighted by Gasteiger charge is -2.28. The van der Waals surface area contributed by atoms with Crippen LogP contribution in [0.1, 0.15) is 56.1 Å². The summed E-state index contributed by atoms with van der Waals surface area (Å²) in [6.07, 6.45) is 6.11. The van der Waals surface area contributed by atoms with E-state index in [1.165, 1.54) is 15.9 Å². The molecule has 2 fully saturated rings. The van der Waals surface area contributed by atoms with Crippen molar-refractivity contribution >= 4 is 69.2 Å². The Balaban J connectivity index is 0.00000433. The molecule has 254 valence electrons. The number of halogens is 2. The number of hydrogen-bond acceptors (Lipinski definition) is 9. The first-order valence-electron chi connectivity index (χ1n) is 15.4. The molecule has 1 saturated heterocycles. The standard InChI is InChI=1S/C31H36ClN5O7S2.ClH/c32-23-10-6-8-19-16-36(18-22(19)23)30(41)44-21-14-25-27(38)34-31(29(40)35-46(42,43)26-12-7-13-45-26)15-20(31)9-4-2-1-3-5-11-24(33)28(39)37(25)17-21;/h4,6-10,12-13,20-21,24-25H,1-3,5,11,14-18,33H2,(H,34,38)(H,35,40);1H/b9-4-;/t20-,21-,24+,25+,31-;/m1./s1. The number of nitrogens with zero attached hydrogens (tertiary/aromatic N) is 2. The average Bonchev–Trinajstić information content (AvgIpc) is 3.48. The van der Waals surface area contributed by atoms with E-state index >= 15 is 0 Å². The molecule has 0 bridgehead atoms. The maximum atomic E-state index is 13.9. The summed E-state index contributed by atoms with van der Waals surface area (Å²) in [7, 11) is -4.15. The molecule has 47 heavy (non-hydrogen) atoms. The Bertz CT molecular complexity index is 1670. The van der Waals surface area contributed by atoms with Crippen LogP contribution in [0.2, 0.25) is 5.02 Å². The Morgan fingerprint density at radius 1 is 1.13 bits per heavy atom. The molecule has 1 saturated carbocycles. The minimum Gasteiger partial charge on any atom is -0.444 e. The lowest BCUT2D eigenvalue weighted by molar-refractivity contribution is -0.140. The van der Waals surface area contributed by atoms with Crippen molar-refractivity contribution in [3.05, 3.63) is 64.0 Å². The van der Waals surface area contributed by atoms with Gasteiger partial charge in [0, 0.05) is 23.9 Å². The molecule has 0 unspecified atom stereocenters. The van der Waals surface area contributed by atoms with Crippen molar-refractivity contribution in [1.29, 1.82) is 0 Å². The van der Waals surface area contributed by atoms with Crippen LogP contribution in [-0.4, -0.2) is 72.3 Å². The van der Waals surface area contributed by atoms with Gasteiger partial charge in [0.05, 0.1) is 19.1 Å². The minimum atomic E-state index is -4.15. The Labute approximate surface area is 288 Å². The van der Waals surface area contributed by atoms with Gasteiger partial charge in [0.15, 0.2) is 0 Å². The van der Waals surface area contributed by atoms with Crippen molar-refractivity contribution in [3.8, 4) is 0 Å². The highest BCUT2D eigenvalue weighted by molar-refractivity contribution is 7.92. The van der Waals surface area contributed by atoms with Gasteiger partial charge >= 0.3 is 6.09 Å². The molecule has 4 aliphatic rings. The second-order valence-corrected chi connectivity index (χ2v) is 15.6. The summed E-state index contributed by atoms with van der Waals surface area (Å²) in [6.45, 7) is 0.548. The molecular weight excluding hydrogens is 689 g/mol. The van der Waals surface area contributed by atoms with Gasteiger partial charge < -0.3 is 20.7 Å². The van der Waals surface area contributed by atoms with Crippen LogP contribution in [-0.2, 0) is 42.2 Å². The molecule has 4 N–H and O–H groups in total. The first kappa shape index (κ1) is 35.1. The predicted octanol–water partition coefficient (Wildman–Crippen LogP) is 3.47. The number of nitrogens with two attached hydrogens (primary N) is 1. The fourth-order valence-electron chi connectivity index (χ4n) is 6.47. The summed E-state index contributed by atoms with van der Waals surface area (Å²) >= 11 is 7.28. The largest absolute Gasteiger partial charge is 0.444 e. The monoisotopic (exact) mass is 725 g/mol. The zero-order valence-corrected chi connectivity index (χ0v) is 28.6. The van der Waals surface area contributed by atoms with Gasteiger partial charge in [-0.3, -0.25) is 19.3 Å². The van der Waals surface area contributed by atoms with Crippen molar-refractivity contribution in [2.45, 2.75) is 86.0 Å². The number of benzene rings is 1. The summed E-state index contributed by atoms with van der Waals surface area (Å²) in [5.41, 5.74) is 6.54. The number of rotatable bonds is 4. The van der Waals surface area contributed by atoms with Crippen molar-refractivity contribution in [3.63, 3.8) is 0 Å². The van der Waals surface area contributed by atoms with Gasteiger partial charge in [-0.15, -0.1) is 23.7 Å². The van der Waals surface area contributed by atoms with Gasteiger partial charge in [0.1, 0.15) is 21.9 Å². The number of nitrogens with one attached hydrogen (secondary N) is 2. The molecule has 0 spiro atoms. The lowest BCUT2D eigenvalue weighted by atomic mass is 10.1. The Hall–Kier alpha value is -3.17. The zero-order valence-electron chi connectivity index (χ0n) is 25.4. The first-order chi connectivity index (χ1) is 22.0. The summed E-state index contributed by atoms with van der Waals surface area (Å²) < 4.78 is 33.8. The fraction of sp³-hybridized carbons (Fsp3) is 0.484. The first-order valence-corrected chi connectivity index (χ1v) is 18.1. The lowest BCUT2D eigenvalue weighted by Crippen LogP contribution is -2.57. The average molecular weight is 727 g/mol. The Morgan fingerprint density at radius 2 is 1.94 bits per heavy atom. The van der Waals surface area contributed by atoms with Crippen LogP contribution in [0.25, 0.3) is 0 Å². The van der Waals surface area contributed by atoms with Gasteiger partial charge in [-0.2, -0.15) is 0 Å². The van der Waals surface area contributed by atoms with Crippen LogP contribution >= 0.6 is 35.3 Å². The van der Waals surface area contributed by atoms with Crippen LogP contribution in [0.5, 0.6) is 0 Å². The fourth-order valence-corrected chi connectivity index (χ4v) is 8.75. The van der Waals surface area contributed by atoms with Crippen LogP contribution < -0.4 is 15.8 Å². The summed E-state index contributed by atoms with van der Waals surface area (Å²) in [5.74, 6) is -2.38. The highest BCUT2D eigenvalue weighted by atomic mass is 35.5. The number of hydrogen-bond donors (Lipinski definition) is 3. The number of allylic oxidation sites excluding steroid dienone is 1. The number of carbonyl (C=O) groups excluding carboxylic acids is 4. The van der Waals surface area contributed by atoms with Crippen LogP contribution in [0, 0.1) is 5.92 Å². The second-order valence-electron chi connectivity index (χ2n) is 12.3. The van der Waals surface area contributed by atoms with E-state index in [0.717, 1.165) is 48.1 Å². The topological polar surface area (TPSA) is 168 Å². The number of sulfonamides is 1. The third-order valence-electron chi connectivity index (χ3n) is 9.12. The Morgan fingerprint density at radius 3 is 2.68 bits per heavy atom. The van der Waals surface area contributed by atoms with Crippen LogP contribution in [0.3, 0.4) is 0 Å². The maximum Gasteiger partial charge on any atom is 0.410 e. The maximum absolute atomic E-state index is 13.9. The smallest absolute Gasteiger partial charge is 0.410 e. The molecule has 5 atom stereocenters. The number of thiophene rings is 1. The van der Waals surface area contributed by atoms with E-state index in [1.54, 1.807) is 17.5 Å². The molecule has 0 radical (unpaired) electrons.